The molecular weight excluding hydrogens is 852 g/mol. The van der Waals surface area contributed by atoms with Crippen molar-refractivity contribution in [2.75, 3.05) is 18.4 Å². The summed E-state index contributed by atoms with van der Waals surface area (Å²) in [5, 5.41) is 35.2. The Bertz CT molecular complexity index is 2680. The summed E-state index contributed by atoms with van der Waals surface area (Å²) in [4.78, 5) is 32.3. The van der Waals surface area contributed by atoms with E-state index in [1.54, 1.807) is 28.0 Å². The summed E-state index contributed by atoms with van der Waals surface area (Å²) in [5.41, 5.74) is 12.2. The highest BCUT2D eigenvalue weighted by atomic mass is 31.2. The molecule has 0 radical (unpaired) electrons. The van der Waals surface area contributed by atoms with Crippen molar-refractivity contribution in [1.29, 1.82) is 0 Å². The van der Waals surface area contributed by atoms with E-state index in [0.717, 1.165) is 33.3 Å². The number of anilines is 1. The van der Waals surface area contributed by atoms with Crippen molar-refractivity contribution in [3.8, 4) is 0 Å². The molecular formula is C52H55N6O7P. The standard InChI is InChI=1S/C52H55N6O7P/c53-50-44-30-42(25-26-45(44)55-56-50)34-58-47(32-38-17-7-2-8-18-38)49(60)48(59)46(31-37-15-5-1-6-16-37)57(52(58)62)33-41-23-13-24-43(29-41)51(61)54-27-14-28-66(63,64-35-39-19-9-3-10-20-39)65-36-40-21-11-4-12-22-40/h1-13,15-26,29-30,46-49,59-60H,14,27-28,31-36H2,(H,54,61)(H3,53,55,56)/t46-,47-,48+,49+/m1/s1. The van der Waals surface area contributed by atoms with Gasteiger partial charge in [-0.15, -0.1) is 0 Å². The summed E-state index contributed by atoms with van der Waals surface area (Å²) in [7, 11) is -3.56. The van der Waals surface area contributed by atoms with E-state index in [0.29, 0.717) is 28.8 Å². The molecule has 340 valence electrons. The molecule has 1 aromatic heterocycles. The number of aromatic nitrogens is 2. The molecule has 0 spiro atoms. The highest BCUT2D eigenvalue weighted by Gasteiger charge is 2.46. The van der Waals surface area contributed by atoms with Crippen LogP contribution in [0.1, 0.15) is 50.2 Å². The quantitative estimate of drug-likeness (QED) is 0.0394. The SMILES string of the molecule is Nc1n[nH]c2ccc(CN3C(=O)N(Cc4cccc(C(=O)NCCCP(=O)(OCc5ccccc5)OCc5ccccc5)c4)[C@H](Cc4ccccc4)[C@H](O)[C@@H](O)[C@H]3Cc3ccccc3)cc12. The Morgan fingerprint density at radius 2 is 1.14 bits per heavy atom. The first kappa shape index (κ1) is 45.9. The number of aliphatic hydroxyl groups excluding tert-OH is 2. The number of hydrogen-bond donors (Lipinski definition) is 5. The van der Waals surface area contributed by atoms with E-state index < -0.39 is 31.9 Å². The molecule has 6 N–H and O–H groups in total. The van der Waals surface area contributed by atoms with Crippen LogP contribution in [-0.4, -0.2) is 79.1 Å². The van der Waals surface area contributed by atoms with Gasteiger partial charge < -0.3 is 40.1 Å². The van der Waals surface area contributed by atoms with E-state index in [2.05, 4.69) is 15.5 Å². The number of amides is 3. The lowest BCUT2D eigenvalue weighted by molar-refractivity contribution is -0.0408. The molecule has 6 aromatic carbocycles. The molecule has 3 amide bonds. The second-order valence-electron chi connectivity index (χ2n) is 16.7. The number of aliphatic hydroxyl groups is 2. The largest absolute Gasteiger partial charge is 0.388 e. The van der Waals surface area contributed by atoms with Gasteiger partial charge in [0.25, 0.3) is 5.91 Å². The number of nitrogen functional groups attached to an aromatic ring is 1. The molecule has 13 nitrogen and oxygen atoms in total. The number of H-pyrrole nitrogens is 1. The Balaban J connectivity index is 1.02. The lowest BCUT2D eigenvalue weighted by atomic mass is 9.91. The van der Waals surface area contributed by atoms with Crippen LogP contribution in [0.3, 0.4) is 0 Å². The molecule has 0 unspecified atom stereocenters. The number of nitrogens with one attached hydrogen (secondary N) is 2. The van der Waals surface area contributed by atoms with Gasteiger partial charge in [-0.2, -0.15) is 5.10 Å². The lowest BCUT2D eigenvalue weighted by Gasteiger charge is -2.36. The van der Waals surface area contributed by atoms with Crippen LogP contribution in [0.5, 0.6) is 0 Å². The van der Waals surface area contributed by atoms with E-state index in [9.17, 15) is 19.6 Å². The lowest BCUT2D eigenvalue weighted by Crippen LogP contribution is -2.50. The van der Waals surface area contributed by atoms with Crippen LogP contribution in [-0.2, 0) is 52.8 Å². The van der Waals surface area contributed by atoms with Crippen molar-refractivity contribution in [2.45, 2.75) is 69.9 Å². The van der Waals surface area contributed by atoms with Crippen molar-refractivity contribution in [1.82, 2.24) is 25.3 Å². The molecule has 0 saturated carbocycles. The van der Waals surface area contributed by atoms with Gasteiger partial charge >= 0.3 is 13.6 Å². The van der Waals surface area contributed by atoms with Crippen molar-refractivity contribution in [3.05, 3.63) is 203 Å². The zero-order chi connectivity index (χ0) is 45.9. The Kier molecular flexibility index (Phi) is 15.0. The van der Waals surface area contributed by atoms with E-state index in [4.69, 9.17) is 14.8 Å². The normalized spacial score (nSPS) is 17.8. The fraction of sp³-hybridized carbons (Fsp3) is 0.250. The Hall–Kier alpha value is -6.60. The van der Waals surface area contributed by atoms with Crippen molar-refractivity contribution >= 4 is 36.3 Å². The van der Waals surface area contributed by atoms with Crippen LogP contribution in [0.2, 0.25) is 0 Å². The Labute approximate surface area is 384 Å². The second kappa shape index (κ2) is 21.6. The highest BCUT2D eigenvalue weighted by Crippen LogP contribution is 2.50. The zero-order valence-corrected chi connectivity index (χ0v) is 37.5. The third kappa shape index (κ3) is 11.6. The third-order valence-corrected chi connectivity index (χ3v) is 13.9. The van der Waals surface area contributed by atoms with E-state index in [1.165, 1.54) is 0 Å². The average Bonchev–Trinajstić information content (AvgIpc) is 3.71. The monoisotopic (exact) mass is 906 g/mol. The van der Waals surface area contributed by atoms with Crippen molar-refractivity contribution < 1.29 is 33.4 Å². The maximum atomic E-state index is 15.3. The maximum absolute atomic E-state index is 15.3. The van der Waals surface area contributed by atoms with E-state index in [1.807, 2.05) is 146 Å². The smallest absolute Gasteiger partial charge is 0.331 e. The molecule has 1 saturated heterocycles. The summed E-state index contributed by atoms with van der Waals surface area (Å²) in [6, 6.07) is 48.8. The molecule has 0 bridgehead atoms. The van der Waals surface area contributed by atoms with Gasteiger partial charge in [0, 0.05) is 30.6 Å². The number of hydrogen-bond acceptors (Lipinski definition) is 9. The molecule has 66 heavy (non-hydrogen) atoms. The summed E-state index contributed by atoms with van der Waals surface area (Å²) in [5.74, 6) is -0.0152. The maximum Gasteiger partial charge on any atom is 0.331 e. The van der Waals surface area contributed by atoms with Gasteiger partial charge in [0.1, 0.15) is 12.2 Å². The summed E-state index contributed by atoms with van der Waals surface area (Å²) in [6.45, 7) is 0.590. The van der Waals surface area contributed by atoms with Crippen molar-refractivity contribution in [2.24, 2.45) is 0 Å². The van der Waals surface area contributed by atoms with Gasteiger partial charge in [0.15, 0.2) is 5.82 Å². The first-order chi connectivity index (χ1) is 32.1. The highest BCUT2D eigenvalue weighted by molar-refractivity contribution is 7.53. The summed E-state index contributed by atoms with van der Waals surface area (Å²) < 4.78 is 25.9. The fourth-order valence-corrected chi connectivity index (χ4v) is 10.0. The van der Waals surface area contributed by atoms with Crippen LogP contribution in [0, 0.1) is 0 Å². The number of benzene rings is 6. The first-order valence-electron chi connectivity index (χ1n) is 22.2. The van der Waals surface area contributed by atoms with E-state index >= 15 is 4.79 Å². The van der Waals surface area contributed by atoms with Crippen LogP contribution in [0.15, 0.2) is 164 Å². The third-order valence-electron chi connectivity index (χ3n) is 12.0. The number of carbonyl (C=O) groups is 2. The molecule has 7 aromatic rings. The topological polar surface area (TPSA) is 183 Å². The predicted molar refractivity (Wildman–Crippen MR) is 255 cm³/mol. The van der Waals surface area contributed by atoms with Crippen LogP contribution >= 0.6 is 7.60 Å². The first-order valence-corrected chi connectivity index (χ1v) is 23.9. The minimum absolute atomic E-state index is 0.0319. The van der Waals surface area contributed by atoms with Crippen molar-refractivity contribution in [3.63, 3.8) is 0 Å². The van der Waals surface area contributed by atoms with Gasteiger partial charge in [0.2, 0.25) is 0 Å². The molecule has 0 aliphatic carbocycles. The number of carbonyl (C=O) groups excluding carboxylic acids is 2. The number of rotatable bonds is 19. The number of nitrogens with two attached hydrogens (primary N) is 1. The number of nitrogens with zero attached hydrogens (tertiary/aromatic N) is 3. The minimum Gasteiger partial charge on any atom is -0.388 e. The number of urea groups is 1. The second-order valence-corrected chi connectivity index (χ2v) is 18.9. The van der Waals surface area contributed by atoms with Gasteiger partial charge in [-0.3, -0.25) is 14.5 Å². The fourth-order valence-electron chi connectivity index (χ4n) is 8.44. The van der Waals surface area contributed by atoms with Crippen LogP contribution in [0.4, 0.5) is 10.6 Å². The van der Waals surface area contributed by atoms with Crippen LogP contribution in [0.25, 0.3) is 10.9 Å². The number of aromatic amines is 1. The summed E-state index contributed by atoms with van der Waals surface area (Å²) in [6.07, 6.45) is -1.69. The predicted octanol–water partition coefficient (Wildman–Crippen LogP) is 8.27. The molecule has 1 fully saturated rings. The molecule has 4 atom stereocenters. The molecule has 2 heterocycles. The molecule has 1 aliphatic rings. The summed E-state index contributed by atoms with van der Waals surface area (Å²) >= 11 is 0. The zero-order valence-electron chi connectivity index (χ0n) is 36.6. The van der Waals surface area contributed by atoms with Gasteiger partial charge in [-0.05, 0) is 76.9 Å². The molecule has 8 rings (SSSR count). The van der Waals surface area contributed by atoms with Gasteiger partial charge in [-0.25, -0.2) is 4.79 Å². The number of fused-ring (bicyclic) bond motifs is 1. The molecule has 14 heteroatoms. The van der Waals surface area contributed by atoms with Crippen LogP contribution < -0.4 is 11.1 Å². The average molecular weight is 907 g/mol. The van der Waals surface area contributed by atoms with Gasteiger partial charge in [0.05, 0.1) is 37.0 Å². The van der Waals surface area contributed by atoms with Gasteiger partial charge in [-0.1, -0.05) is 140 Å². The molecule has 1 aliphatic heterocycles. The Morgan fingerprint density at radius 1 is 0.652 bits per heavy atom. The minimum atomic E-state index is -3.56. The van der Waals surface area contributed by atoms with E-state index in [-0.39, 0.29) is 63.8 Å². The Morgan fingerprint density at radius 3 is 1.67 bits per heavy atom.